The van der Waals surface area contributed by atoms with Gasteiger partial charge >= 0.3 is 0 Å². The fourth-order valence-electron chi connectivity index (χ4n) is 1.92. The van der Waals surface area contributed by atoms with Gasteiger partial charge in [-0.05, 0) is 58.5 Å². The highest BCUT2D eigenvalue weighted by atomic mass is 79.9. The zero-order chi connectivity index (χ0) is 13.0. The molecule has 0 fully saturated rings. The van der Waals surface area contributed by atoms with E-state index in [1.165, 1.54) is 14.9 Å². The van der Waals surface area contributed by atoms with Gasteiger partial charge in [-0.25, -0.2) is 0 Å². The van der Waals surface area contributed by atoms with Crippen molar-refractivity contribution in [2.45, 2.75) is 12.8 Å². The van der Waals surface area contributed by atoms with Crippen LogP contribution in [0.5, 0.6) is 0 Å². The van der Waals surface area contributed by atoms with E-state index in [1.807, 2.05) is 0 Å². The monoisotopic (exact) mass is 406 g/mol. The van der Waals surface area contributed by atoms with Gasteiger partial charge in [0.25, 0.3) is 0 Å². The minimum atomic E-state index is 0.492. The normalized spacial score (nSPS) is 12.6. The van der Waals surface area contributed by atoms with Crippen LogP contribution in [0.25, 0.3) is 0 Å². The molecule has 1 heterocycles. The topological polar surface area (TPSA) is 0 Å². The van der Waals surface area contributed by atoms with Gasteiger partial charge in [-0.1, -0.05) is 28.1 Å². The van der Waals surface area contributed by atoms with E-state index >= 15 is 0 Å². The smallest absolute Gasteiger partial charge is 0.0285 e. The van der Waals surface area contributed by atoms with E-state index in [4.69, 9.17) is 11.6 Å². The molecule has 0 saturated heterocycles. The average molecular weight is 409 g/mol. The first-order valence-corrected chi connectivity index (χ1v) is 8.70. The Bertz CT molecular complexity index is 510. The lowest BCUT2D eigenvalue weighted by atomic mass is 9.97. The molecular weight excluding hydrogens is 395 g/mol. The molecule has 0 aliphatic heterocycles. The molecule has 1 aromatic carbocycles. The second kappa shape index (κ2) is 7.09. The summed E-state index contributed by atoms with van der Waals surface area (Å²) in [6.07, 6.45) is 2.07. The summed E-state index contributed by atoms with van der Waals surface area (Å²) >= 11 is 14.9. The van der Waals surface area contributed by atoms with Gasteiger partial charge in [0.1, 0.15) is 0 Å². The standard InChI is InChI=1S/C14H13Br2ClS/c15-12-3-1-2-10(5-12)4-11(8-17)6-14-7-13(16)9-18-14/h1-3,5,7,9,11H,4,6,8H2. The largest absolute Gasteiger partial charge is 0.148 e. The second-order valence-corrected chi connectivity index (χ2v) is 7.43. The van der Waals surface area contributed by atoms with Gasteiger partial charge in [0.2, 0.25) is 0 Å². The van der Waals surface area contributed by atoms with Crippen LogP contribution in [-0.2, 0) is 12.8 Å². The van der Waals surface area contributed by atoms with Crippen molar-refractivity contribution in [1.82, 2.24) is 0 Å². The zero-order valence-electron chi connectivity index (χ0n) is 9.70. The summed E-state index contributed by atoms with van der Waals surface area (Å²) in [5, 5.41) is 2.12. The maximum absolute atomic E-state index is 6.10. The van der Waals surface area contributed by atoms with Gasteiger partial charge in [0.15, 0.2) is 0 Å². The Morgan fingerprint density at radius 3 is 2.56 bits per heavy atom. The Morgan fingerprint density at radius 1 is 1.11 bits per heavy atom. The molecule has 0 amide bonds. The molecular formula is C14H13Br2ClS. The van der Waals surface area contributed by atoms with Crippen molar-refractivity contribution in [2.24, 2.45) is 5.92 Å². The highest BCUT2D eigenvalue weighted by molar-refractivity contribution is 9.10. The Morgan fingerprint density at radius 2 is 1.94 bits per heavy atom. The molecule has 0 aliphatic carbocycles. The molecule has 1 unspecified atom stereocenters. The summed E-state index contributed by atoms with van der Waals surface area (Å²) in [6, 6.07) is 10.6. The van der Waals surface area contributed by atoms with Gasteiger partial charge in [-0.2, -0.15) is 0 Å². The van der Waals surface area contributed by atoms with Crippen molar-refractivity contribution >= 4 is 54.8 Å². The quantitative estimate of drug-likeness (QED) is 0.539. The second-order valence-electron chi connectivity index (χ2n) is 4.29. The van der Waals surface area contributed by atoms with E-state index < -0.39 is 0 Å². The van der Waals surface area contributed by atoms with Crippen molar-refractivity contribution in [3.63, 3.8) is 0 Å². The van der Waals surface area contributed by atoms with E-state index in [0.29, 0.717) is 11.8 Å². The number of benzene rings is 1. The number of rotatable bonds is 5. The number of hydrogen-bond acceptors (Lipinski definition) is 1. The molecule has 4 heteroatoms. The minimum Gasteiger partial charge on any atom is -0.148 e. The van der Waals surface area contributed by atoms with Crippen LogP contribution < -0.4 is 0 Å². The molecule has 0 saturated carbocycles. The molecule has 96 valence electrons. The Labute approximate surface area is 134 Å². The van der Waals surface area contributed by atoms with Crippen LogP contribution in [0, 0.1) is 5.92 Å². The van der Waals surface area contributed by atoms with E-state index in [1.54, 1.807) is 11.3 Å². The molecule has 2 rings (SSSR count). The molecule has 0 N–H and O–H groups in total. The molecule has 0 spiro atoms. The molecule has 0 nitrogen and oxygen atoms in total. The lowest BCUT2D eigenvalue weighted by Gasteiger charge is -2.13. The highest BCUT2D eigenvalue weighted by Crippen LogP contribution is 2.25. The summed E-state index contributed by atoms with van der Waals surface area (Å²) in [7, 11) is 0. The van der Waals surface area contributed by atoms with Crippen molar-refractivity contribution in [2.75, 3.05) is 5.88 Å². The van der Waals surface area contributed by atoms with Crippen LogP contribution in [0.2, 0.25) is 0 Å². The highest BCUT2D eigenvalue weighted by Gasteiger charge is 2.11. The summed E-state index contributed by atoms with van der Waals surface area (Å²) in [4.78, 5) is 1.39. The number of halogens is 3. The van der Waals surface area contributed by atoms with Crippen LogP contribution in [0.3, 0.4) is 0 Å². The van der Waals surface area contributed by atoms with Gasteiger partial charge in [0.05, 0.1) is 0 Å². The van der Waals surface area contributed by atoms with Gasteiger partial charge in [0, 0.05) is 25.1 Å². The van der Waals surface area contributed by atoms with E-state index in [-0.39, 0.29) is 0 Å². The first-order chi connectivity index (χ1) is 8.67. The minimum absolute atomic E-state index is 0.492. The Kier molecular flexibility index (Phi) is 5.74. The van der Waals surface area contributed by atoms with Gasteiger partial charge < -0.3 is 0 Å². The van der Waals surface area contributed by atoms with Crippen LogP contribution >= 0.6 is 54.8 Å². The van der Waals surface area contributed by atoms with Crippen LogP contribution in [0.15, 0.2) is 44.7 Å². The third-order valence-corrected chi connectivity index (χ3v) is 5.39. The molecule has 1 atom stereocenters. The van der Waals surface area contributed by atoms with Crippen LogP contribution in [0.1, 0.15) is 10.4 Å². The summed E-state index contributed by atoms with van der Waals surface area (Å²) in [5.41, 5.74) is 1.34. The third kappa shape index (κ3) is 4.37. The zero-order valence-corrected chi connectivity index (χ0v) is 14.4. The predicted octanol–water partition coefficient (Wildman–Crippen LogP) is 5.91. The molecule has 0 bridgehead atoms. The van der Waals surface area contributed by atoms with Crippen LogP contribution in [-0.4, -0.2) is 5.88 Å². The maximum Gasteiger partial charge on any atom is 0.0285 e. The lowest BCUT2D eigenvalue weighted by Crippen LogP contribution is -2.09. The number of hydrogen-bond donors (Lipinski definition) is 0. The molecule has 2 aromatic rings. The first kappa shape index (κ1) is 14.6. The van der Waals surface area contributed by atoms with E-state index in [9.17, 15) is 0 Å². The number of thiophene rings is 1. The van der Waals surface area contributed by atoms with E-state index in [0.717, 1.165) is 17.3 Å². The van der Waals surface area contributed by atoms with Crippen molar-refractivity contribution < 1.29 is 0 Å². The maximum atomic E-state index is 6.10. The summed E-state index contributed by atoms with van der Waals surface area (Å²) in [6.45, 7) is 0. The van der Waals surface area contributed by atoms with Gasteiger partial charge in [-0.3, -0.25) is 0 Å². The molecule has 1 aromatic heterocycles. The third-order valence-electron chi connectivity index (χ3n) is 2.74. The van der Waals surface area contributed by atoms with Crippen LogP contribution in [0.4, 0.5) is 0 Å². The summed E-state index contributed by atoms with van der Waals surface area (Å²) in [5.74, 6) is 1.19. The predicted molar refractivity (Wildman–Crippen MR) is 87.8 cm³/mol. The Balaban J connectivity index is 2.01. The number of alkyl halides is 1. The average Bonchev–Trinajstić information content (AvgIpc) is 2.74. The molecule has 0 aliphatic rings. The van der Waals surface area contributed by atoms with Crippen molar-refractivity contribution in [3.05, 3.63) is 55.1 Å². The van der Waals surface area contributed by atoms with Crippen molar-refractivity contribution in [1.29, 1.82) is 0 Å². The Hall–Kier alpha value is 0.170. The fourth-order valence-corrected chi connectivity index (χ4v) is 4.16. The van der Waals surface area contributed by atoms with E-state index in [2.05, 4.69) is 67.6 Å². The summed E-state index contributed by atoms with van der Waals surface area (Å²) < 4.78 is 2.30. The van der Waals surface area contributed by atoms with Gasteiger partial charge in [-0.15, -0.1) is 22.9 Å². The SMILES string of the molecule is ClCC(Cc1cccc(Br)c1)Cc1cc(Br)cs1. The molecule has 0 radical (unpaired) electrons. The first-order valence-electron chi connectivity index (χ1n) is 5.70. The lowest BCUT2D eigenvalue weighted by molar-refractivity contribution is 0.589. The fraction of sp³-hybridized carbons (Fsp3) is 0.286. The molecule has 18 heavy (non-hydrogen) atoms. The van der Waals surface area contributed by atoms with Crippen molar-refractivity contribution in [3.8, 4) is 0 Å².